The number of hydrogen-bond donors (Lipinski definition) is 1. The Kier molecular flexibility index (Phi) is 5.11. The van der Waals surface area contributed by atoms with E-state index in [9.17, 15) is 9.59 Å². The van der Waals surface area contributed by atoms with E-state index in [1.54, 1.807) is 25.3 Å². The van der Waals surface area contributed by atoms with Crippen LogP contribution in [0.15, 0.2) is 51.7 Å². The molecule has 1 aromatic heterocycles. The fourth-order valence-electron chi connectivity index (χ4n) is 3.02. The molecule has 26 heavy (non-hydrogen) atoms. The van der Waals surface area contributed by atoms with Crippen molar-refractivity contribution in [3.05, 3.63) is 64.1 Å². The molecular weight excluding hydrogens is 332 g/mol. The number of benzene rings is 2. The normalized spacial score (nSPS) is 12.1. The second kappa shape index (κ2) is 7.47. The molecule has 6 heteroatoms. The van der Waals surface area contributed by atoms with Gasteiger partial charge in [-0.2, -0.15) is 0 Å². The molecule has 0 fully saturated rings. The first kappa shape index (κ1) is 17.8. The average Bonchev–Trinajstić information content (AvgIpc) is 2.95. The van der Waals surface area contributed by atoms with Gasteiger partial charge in [0, 0.05) is 18.5 Å². The van der Waals surface area contributed by atoms with E-state index >= 15 is 0 Å². The standard InChI is InChI=1S/C20H22N2O4/c1-13-8-9-17(25-3)15(12-13)14(2)21-19(23)10-11-22-16-6-4-5-7-18(16)26-20(22)24/h4-9,12,14H,10-11H2,1-3H3,(H,21,23)/t14-/m1/s1. The highest BCUT2D eigenvalue weighted by molar-refractivity contribution is 5.77. The van der Waals surface area contributed by atoms with Gasteiger partial charge in [-0.05, 0) is 32.0 Å². The Morgan fingerprint density at radius 2 is 2.04 bits per heavy atom. The van der Waals surface area contributed by atoms with E-state index in [1.807, 2.05) is 38.1 Å². The molecular formula is C20H22N2O4. The van der Waals surface area contributed by atoms with Crippen molar-refractivity contribution in [3.63, 3.8) is 0 Å². The van der Waals surface area contributed by atoms with Crippen molar-refractivity contribution >= 4 is 17.0 Å². The summed E-state index contributed by atoms with van der Waals surface area (Å²) in [4.78, 5) is 24.3. The fourth-order valence-corrected chi connectivity index (χ4v) is 3.02. The number of fused-ring (bicyclic) bond motifs is 1. The van der Waals surface area contributed by atoms with Crippen molar-refractivity contribution < 1.29 is 13.9 Å². The number of ether oxygens (including phenoxy) is 1. The molecule has 0 bridgehead atoms. The maximum absolute atomic E-state index is 12.4. The highest BCUT2D eigenvalue weighted by atomic mass is 16.5. The van der Waals surface area contributed by atoms with E-state index in [0.717, 1.165) is 16.9 Å². The molecule has 0 saturated heterocycles. The van der Waals surface area contributed by atoms with Gasteiger partial charge in [0.15, 0.2) is 5.58 Å². The zero-order chi connectivity index (χ0) is 18.7. The maximum atomic E-state index is 12.4. The predicted octanol–water partition coefficient (Wildman–Crippen LogP) is 3.18. The van der Waals surface area contributed by atoms with Gasteiger partial charge in [-0.25, -0.2) is 4.79 Å². The van der Waals surface area contributed by atoms with Crippen LogP contribution in [0.4, 0.5) is 0 Å². The van der Waals surface area contributed by atoms with Crippen LogP contribution in [0.1, 0.15) is 30.5 Å². The van der Waals surface area contributed by atoms with E-state index < -0.39 is 5.76 Å². The van der Waals surface area contributed by atoms with E-state index in [-0.39, 0.29) is 24.9 Å². The molecule has 1 N–H and O–H groups in total. The lowest BCUT2D eigenvalue weighted by molar-refractivity contribution is -0.121. The van der Waals surface area contributed by atoms with Crippen LogP contribution >= 0.6 is 0 Å². The summed E-state index contributed by atoms with van der Waals surface area (Å²) in [6.07, 6.45) is 0.182. The van der Waals surface area contributed by atoms with Gasteiger partial charge in [-0.1, -0.05) is 29.8 Å². The van der Waals surface area contributed by atoms with Crippen LogP contribution < -0.4 is 15.8 Å². The lowest BCUT2D eigenvalue weighted by atomic mass is 10.0. The number of rotatable bonds is 6. The SMILES string of the molecule is COc1ccc(C)cc1[C@@H](C)NC(=O)CCn1c(=O)oc2ccccc21. The number of para-hydroxylation sites is 2. The van der Waals surface area contributed by atoms with Crippen molar-refractivity contribution in [1.82, 2.24) is 9.88 Å². The minimum atomic E-state index is -0.451. The summed E-state index contributed by atoms with van der Waals surface area (Å²) in [6.45, 7) is 4.17. The summed E-state index contributed by atoms with van der Waals surface area (Å²) >= 11 is 0. The second-order valence-corrected chi connectivity index (χ2v) is 6.27. The van der Waals surface area contributed by atoms with Crippen LogP contribution in [0.5, 0.6) is 5.75 Å². The summed E-state index contributed by atoms with van der Waals surface area (Å²) in [5.41, 5.74) is 3.24. The lowest BCUT2D eigenvalue weighted by Gasteiger charge is -2.18. The first-order valence-corrected chi connectivity index (χ1v) is 8.52. The molecule has 6 nitrogen and oxygen atoms in total. The summed E-state index contributed by atoms with van der Waals surface area (Å²) in [7, 11) is 1.61. The number of nitrogens with one attached hydrogen (secondary N) is 1. The van der Waals surface area contributed by atoms with Crippen molar-refractivity contribution in [2.24, 2.45) is 0 Å². The van der Waals surface area contributed by atoms with Gasteiger partial charge in [0.2, 0.25) is 5.91 Å². The predicted molar refractivity (Wildman–Crippen MR) is 99.4 cm³/mol. The van der Waals surface area contributed by atoms with Crippen molar-refractivity contribution in [2.45, 2.75) is 32.9 Å². The zero-order valence-corrected chi connectivity index (χ0v) is 15.1. The molecule has 136 valence electrons. The first-order chi connectivity index (χ1) is 12.5. The Balaban J connectivity index is 1.68. The highest BCUT2D eigenvalue weighted by Gasteiger charge is 2.15. The third-order valence-electron chi connectivity index (χ3n) is 4.37. The quantitative estimate of drug-likeness (QED) is 0.738. The molecule has 3 aromatic rings. The summed E-state index contributed by atoms with van der Waals surface area (Å²) in [6, 6.07) is 12.8. The molecule has 0 unspecified atom stereocenters. The molecule has 2 aromatic carbocycles. The van der Waals surface area contributed by atoms with E-state index in [4.69, 9.17) is 9.15 Å². The largest absolute Gasteiger partial charge is 0.496 e. The Bertz CT molecular complexity index is 987. The van der Waals surface area contributed by atoms with Gasteiger partial charge in [-0.15, -0.1) is 0 Å². The van der Waals surface area contributed by atoms with Crippen LogP contribution in [-0.4, -0.2) is 17.6 Å². The molecule has 1 atom stereocenters. The average molecular weight is 354 g/mol. The van der Waals surface area contributed by atoms with E-state index in [1.165, 1.54) is 4.57 Å². The van der Waals surface area contributed by atoms with Crippen LogP contribution in [0.2, 0.25) is 0 Å². The smallest absolute Gasteiger partial charge is 0.419 e. The first-order valence-electron chi connectivity index (χ1n) is 8.52. The molecule has 3 rings (SSSR count). The molecule has 0 aliphatic heterocycles. The monoisotopic (exact) mass is 354 g/mol. The molecule has 0 radical (unpaired) electrons. The van der Waals surface area contributed by atoms with Crippen LogP contribution in [0.25, 0.3) is 11.1 Å². The summed E-state index contributed by atoms with van der Waals surface area (Å²) in [5.74, 6) is 0.145. The third kappa shape index (κ3) is 3.64. The third-order valence-corrected chi connectivity index (χ3v) is 4.37. The van der Waals surface area contributed by atoms with Gasteiger partial charge in [0.05, 0.1) is 18.7 Å². The van der Waals surface area contributed by atoms with Gasteiger partial charge >= 0.3 is 5.76 Å². The Morgan fingerprint density at radius 3 is 2.81 bits per heavy atom. The fraction of sp³-hybridized carbons (Fsp3) is 0.300. The zero-order valence-electron chi connectivity index (χ0n) is 15.1. The highest BCUT2D eigenvalue weighted by Crippen LogP contribution is 2.26. The molecule has 0 spiro atoms. The van der Waals surface area contributed by atoms with Crippen LogP contribution in [0.3, 0.4) is 0 Å². The van der Waals surface area contributed by atoms with Crippen molar-refractivity contribution in [1.29, 1.82) is 0 Å². The van der Waals surface area contributed by atoms with Crippen molar-refractivity contribution in [2.75, 3.05) is 7.11 Å². The topological polar surface area (TPSA) is 73.5 Å². The number of carbonyl (C=O) groups excluding carboxylic acids is 1. The van der Waals surface area contributed by atoms with Gasteiger partial charge in [0.1, 0.15) is 5.75 Å². The molecule has 0 aliphatic rings. The number of aromatic nitrogens is 1. The number of methoxy groups -OCH3 is 1. The molecule has 0 saturated carbocycles. The minimum absolute atomic E-state index is 0.141. The molecule has 1 heterocycles. The Morgan fingerprint density at radius 1 is 1.27 bits per heavy atom. The second-order valence-electron chi connectivity index (χ2n) is 6.27. The number of hydrogen-bond acceptors (Lipinski definition) is 4. The number of carbonyl (C=O) groups is 1. The molecule has 0 aliphatic carbocycles. The van der Waals surface area contributed by atoms with E-state index in [0.29, 0.717) is 11.1 Å². The lowest BCUT2D eigenvalue weighted by Crippen LogP contribution is -2.28. The van der Waals surface area contributed by atoms with Gasteiger partial charge < -0.3 is 14.5 Å². The maximum Gasteiger partial charge on any atom is 0.419 e. The van der Waals surface area contributed by atoms with Crippen LogP contribution in [-0.2, 0) is 11.3 Å². The molecule has 1 amide bonds. The summed E-state index contributed by atoms with van der Waals surface area (Å²) in [5, 5.41) is 2.96. The Labute approximate surface area is 151 Å². The van der Waals surface area contributed by atoms with Crippen molar-refractivity contribution in [3.8, 4) is 5.75 Å². The number of nitrogens with zero attached hydrogens (tertiary/aromatic N) is 1. The number of amides is 1. The minimum Gasteiger partial charge on any atom is -0.496 e. The van der Waals surface area contributed by atoms with Gasteiger partial charge in [0.25, 0.3) is 0 Å². The van der Waals surface area contributed by atoms with Crippen LogP contribution in [0, 0.1) is 6.92 Å². The van der Waals surface area contributed by atoms with E-state index in [2.05, 4.69) is 5.32 Å². The number of oxazole rings is 1. The Hall–Kier alpha value is -3.02. The summed E-state index contributed by atoms with van der Waals surface area (Å²) < 4.78 is 12.0. The van der Waals surface area contributed by atoms with Gasteiger partial charge in [-0.3, -0.25) is 9.36 Å². The number of aryl methyl sites for hydroxylation is 2.